The summed E-state index contributed by atoms with van der Waals surface area (Å²) in [6, 6.07) is 1.85. The fourth-order valence-electron chi connectivity index (χ4n) is 1.25. The highest BCUT2D eigenvalue weighted by Crippen LogP contribution is 2.15. The molecule has 2 heterocycles. The molecule has 0 atom stereocenters. The lowest BCUT2D eigenvalue weighted by molar-refractivity contribution is 0.838. The lowest BCUT2D eigenvalue weighted by Crippen LogP contribution is -2.01. The molecule has 0 fully saturated rings. The van der Waals surface area contributed by atoms with Gasteiger partial charge in [-0.2, -0.15) is 5.10 Å². The summed E-state index contributed by atoms with van der Waals surface area (Å²) in [6.07, 6.45) is 4.87. The molecule has 14 heavy (non-hydrogen) atoms. The van der Waals surface area contributed by atoms with Gasteiger partial charge in [0, 0.05) is 0 Å². The number of aryl methyl sites for hydroxylation is 1. The lowest BCUT2D eigenvalue weighted by atomic mass is 10.3. The minimum atomic E-state index is 0.586. The number of nitrogens with zero attached hydrogens (tertiary/aromatic N) is 3. The molecule has 0 aliphatic rings. The first-order chi connectivity index (χ1) is 6.66. The van der Waals surface area contributed by atoms with Crippen molar-refractivity contribution >= 4 is 17.3 Å². The van der Waals surface area contributed by atoms with Crippen LogP contribution in [-0.4, -0.2) is 14.8 Å². The standard InChI is InChI=1S/C9H9ClN4/c1-6-2-8(11)4-12-9(6)14-5-7(10)3-13-14/h2-5H,11H2,1H3. The topological polar surface area (TPSA) is 56.7 Å². The van der Waals surface area contributed by atoms with E-state index in [9.17, 15) is 0 Å². The number of nitrogen functional groups attached to an aromatic ring is 1. The van der Waals surface area contributed by atoms with E-state index < -0.39 is 0 Å². The summed E-state index contributed by atoms with van der Waals surface area (Å²) in [5.41, 5.74) is 7.20. The van der Waals surface area contributed by atoms with E-state index in [4.69, 9.17) is 17.3 Å². The van der Waals surface area contributed by atoms with Gasteiger partial charge in [0.15, 0.2) is 5.82 Å². The maximum absolute atomic E-state index is 5.76. The van der Waals surface area contributed by atoms with Crippen LogP contribution in [0.4, 0.5) is 5.69 Å². The van der Waals surface area contributed by atoms with E-state index in [0.29, 0.717) is 10.7 Å². The number of pyridine rings is 1. The van der Waals surface area contributed by atoms with Gasteiger partial charge < -0.3 is 5.73 Å². The van der Waals surface area contributed by atoms with Crippen LogP contribution in [0.2, 0.25) is 5.02 Å². The minimum absolute atomic E-state index is 0.586. The predicted octanol–water partition coefficient (Wildman–Crippen LogP) is 1.81. The summed E-state index contributed by atoms with van der Waals surface area (Å²) in [4.78, 5) is 4.18. The quantitative estimate of drug-likeness (QED) is 0.778. The van der Waals surface area contributed by atoms with Gasteiger partial charge in [0.05, 0.1) is 29.3 Å². The second-order valence-electron chi connectivity index (χ2n) is 3.01. The zero-order valence-electron chi connectivity index (χ0n) is 7.61. The van der Waals surface area contributed by atoms with Crippen LogP contribution in [-0.2, 0) is 0 Å². The molecule has 0 aromatic carbocycles. The van der Waals surface area contributed by atoms with E-state index in [1.165, 1.54) is 0 Å². The van der Waals surface area contributed by atoms with E-state index in [0.717, 1.165) is 11.4 Å². The molecular formula is C9H9ClN4. The number of hydrogen-bond donors (Lipinski definition) is 1. The van der Waals surface area contributed by atoms with Crippen molar-refractivity contribution in [2.75, 3.05) is 5.73 Å². The Morgan fingerprint density at radius 2 is 2.21 bits per heavy atom. The van der Waals surface area contributed by atoms with Gasteiger partial charge in [0.2, 0.25) is 0 Å². The lowest BCUT2D eigenvalue weighted by Gasteiger charge is -2.04. The van der Waals surface area contributed by atoms with E-state index in [-0.39, 0.29) is 0 Å². The summed E-state index contributed by atoms with van der Waals surface area (Å²) in [6.45, 7) is 1.92. The summed E-state index contributed by atoms with van der Waals surface area (Å²) < 4.78 is 1.62. The van der Waals surface area contributed by atoms with Crippen LogP contribution in [0, 0.1) is 6.92 Å². The normalized spacial score (nSPS) is 10.4. The van der Waals surface area contributed by atoms with Gasteiger partial charge >= 0.3 is 0 Å². The third-order valence-electron chi connectivity index (χ3n) is 1.84. The molecule has 5 heteroatoms. The van der Waals surface area contributed by atoms with Crippen LogP contribution in [0.15, 0.2) is 24.7 Å². The van der Waals surface area contributed by atoms with Gasteiger partial charge in [-0.3, -0.25) is 0 Å². The molecule has 0 amide bonds. The predicted molar refractivity (Wildman–Crippen MR) is 55.5 cm³/mol. The molecule has 0 bridgehead atoms. The molecule has 0 aliphatic heterocycles. The highest BCUT2D eigenvalue weighted by Gasteiger charge is 2.04. The van der Waals surface area contributed by atoms with Crippen LogP contribution in [0.25, 0.3) is 5.82 Å². The van der Waals surface area contributed by atoms with Crippen molar-refractivity contribution in [2.24, 2.45) is 0 Å². The number of anilines is 1. The van der Waals surface area contributed by atoms with Crippen LogP contribution >= 0.6 is 11.6 Å². The first kappa shape index (κ1) is 9.02. The summed E-state index contributed by atoms with van der Waals surface area (Å²) in [7, 11) is 0. The molecule has 2 N–H and O–H groups in total. The molecule has 0 aliphatic carbocycles. The Hall–Kier alpha value is -1.55. The smallest absolute Gasteiger partial charge is 0.156 e. The molecule has 4 nitrogen and oxygen atoms in total. The molecule has 2 aromatic heterocycles. The monoisotopic (exact) mass is 208 g/mol. The third-order valence-corrected chi connectivity index (χ3v) is 2.04. The summed E-state index contributed by atoms with van der Waals surface area (Å²) in [5, 5.41) is 4.64. The van der Waals surface area contributed by atoms with Crippen molar-refractivity contribution in [3.63, 3.8) is 0 Å². The molecule has 0 radical (unpaired) electrons. The number of rotatable bonds is 1. The van der Waals surface area contributed by atoms with E-state index in [1.807, 2.05) is 13.0 Å². The minimum Gasteiger partial charge on any atom is -0.397 e. The van der Waals surface area contributed by atoms with Crippen molar-refractivity contribution in [1.29, 1.82) is 0 Å². The van der Waals surface area contributed by atoms with Crippen molar-refractivity contribution in [1.82, 2.24) is 14.8 Å². The zero-order chi connectivity index (χ0) is 10.1. The Bertz CT molecular complexity index is 464. The summed E-state index contributed by atoms with van der Waals surface area (Å²) >= 11 is 5.76. The third kappa shape index (κ3) is 1.56. The fourth-order valence-corrected chi connectivity index (χ4v) is 1.38. The van der Waals surface area contributed by atoms with Gasteiger partial charge in [0.1, 0.15) is 0 Å². The maximum Gasteiger partial charge on any atom is 0.156 e. The van der Waals surface area contributed by atoms with Crippen molar-refractivity contribution in [3.05, 3.63) is 35.2 Å². The second kappa shape index (κ2) is 3.31. The molecule has 0 spiro atoms. The van der Waals surface area contributed by atoms with Crippen LogP contribution in [0.5, 0.6) is 0 Å². The van der Waals surface area contributed by atoms with Gasteiger partial charge in [-0.05, 0) is 18.6 Å². The van der Waals surface area contributed by atoms with Gasteiger partial charge in [-0.15, -0.1) is 0 Å². The number of hydrogen-bond acceptors (Lipinski definition) is 3. The average Bonchev–Trinajstić information content (AvgIpc) is 2.51. The number of halogens is 1. The fraction of sp³-hybridized carbons (Fsp3) is 0.111. The molecule has 0 saturated carbocycles. The van der Waals surface area contributed by atoms with Crippen molar-refractivity contribution in [2.45, 2.75) is 6.92 Å². The number of aromatic nitrogens is 3. The molecule has 2 rings (SSSR count). The average molecular weight is 209 g/mol. The van der Waals surface area contributed by atoms with Gasteiger partial charge in [0.25, 0.3) is 0 Å². The molecule has 0 unspecified atom stereocenters. The SMILES string of the molecule is Cc1cc(N)cnc1-n1cc(Cl)cn1. The maximum atomic E-state index is 5.76. The van der Waals surface area contributed by atoms with E-state index in [2.05, 4.69) is 10.1 Å². The Morgan fingerprint density at radius 3 is 2.79 bits per heavy atom. The Labute approximate surface area is 86.3 Å². The highest BCUT2D eigenvalue weighted by atomic mass is 35.5. The Kier molecular flexibility index (Phi) is 2.13. The van der Waals surface area contributed by atoms with E-state index in [1.54, 1.807) is 23.3 Å². The van der Waals surface area contributed by atoms with Crippen molar-refractivity contribution < 1.29 is 0 Å². The molecule has 72 valence electrons. The first-order valence-electron chi connectivity index (χ1n) is 4.09. The van der Waals surface area contributed by atoms with E-state index >= 15 is 0 Å². The van der Waals surface area contributed by atoms with Gasteiger partial charge in [-0.25, -0.2) is 9.67 Å². The first-order valence-corrected chi connectivity index (χ1v) is 4.47. The Morgan fingerprint density at radius 1 is 1.43 bits per heavy atom. The number of nitrogens with two attached hydrogens (primary N) is 1. The molecule has 0 saturated heterocycles. The van der Waals surface area contributed by atoms with Gasteiger partial charge in [-0.1, -0.05) is 11.6 Å². The largest absolute Gasteiger partial charge is 0.397 e. The van der Waals surface area contributed by atoms with Crippen molar-refractivity contribution in [3.8, 4) is 5.82 Å². The highest BCUT2D eigenvalue weighted by molar-refractivity contribution is 6.30. The Balaban J connectivity index is 2.52. The molecule has 2 aromatic rings. The zero-order valence-corrected chi connectivity index (χ0v) is 8.36. The second-order valence-corrected chi connectivity index (χ2v) is 3.45. The molecular weight excluding hydrogens is 200 g/mol. The summed E-state index contributed by atoms with van der Waals surface area (Å²) in [5.74, 6) is 0.742. The van der Waals surface area contributed by atoms with Crippen LogP contribution in [0.3, 0.4) is 0 Å². The van der Waals surface area contributed by atoms with Crippen LogP contribution < -0.4 is 5.73 Å². The van der Waals surface area contributed by atoms with Crippen LogP contribution in [0.1, 0.15) is 5.56 Å².